The van der Waals surface area contributed by atoms with E-state index in [4.69, 9.17) is 11.6 Å². The van der Waals surface area contributed by atoms with Crippen LogP contribution in [0, 0.1) is 5.92 Å². The molecule has 8 rings (SSSR count). The molecule has 3 fully saturated rings. The van der Waals surface area contributed by atoms with Crippen LogP contribution in [0.2, 0.25) is 0 Å². The monoisotopic (exact) mass is 801 g/mol. The maximum Gasteiger partial charge on any atom is 0.262 e. The second-order valence-electron chi connectivity index (χ2n) is 15.7. The van der Waals surface area contributed by atoms with Crippen LogP contribution < -0.4 is 20.4 Å². The summed E-state index contributed by atoms with van der Waals surface area (Å²) in [6.07, 6.45) is 5.08. The second kappa shape index (κ2) is 17.1. The SMILES string of the molecule is O=C1CCC(N2C(=O)c3ccc(N4CCC[C@@H](NCC5CCN(c6ccc(C(=C(CCCl)c7ccc(O)cc7)c7ccc(O)cc7)cc6)CC5)C4)cc3C2=O)C(=O)N1. The number of benzene rings is 4. The van der Waals surface area contributed by atoms with Gasteiger partial charge in [0.05, 0.1) is 11.1 Å². The molecular weight excluding hydrogens is 754 g/mol. The fourth-order valence-corrected chi connectivity index (χ4v) is 9.10. The molecule has 0 saturated carbocycles. The van der Waals surface area contributed by atoms with Gasteiger partial charge in [-0.1, -0.05) is 36.4 Å². The highest BCUT2D eigenvalue weighted by molar-refractivity contribution is 6.23. The van der Waals surface area contributed by atoms with Gasteiger partial charge in [-0.2, -0.15) is 0 Å². The van der Waals surface area contributed by atoms with Crippen molar-refractivity contribution in [2.75, 3.05) is 48.4 Å². The molecule has 4 amide bonds. The number of fused-ring (bicyclic) bond motifs is 1. The van der Waals surface area contributed by atoms with Crippen molar-refractivity contribution in [3.05, 3.63) is 119 Å². The Morgan fingerprint density at radius 3 is 1.98 bits per heavy atom. The molecule has 0 spiro atoms. The highest BCUT2D eigenvalue weighted by Gasteiger charge is 2.45. The molecule has 4 aliphatic rings. The number of anilines is 2. The number of rotatable bonds is 11. The number of phenolic OH excluding ortho intramolecular Hbond substituents is 2. The molecule has 0 aromatic heterocycles. The molecule has 300 valence electrons. The highest BCUT2D eigenvalue weighted by atomic mass is 35.5. The van der Waals surface area contributed by atoms with Gasteiger partial charge in [0, 0.05) is 55.9 Å². The number of hydrogen-bond donors (Lipinski definition) is 4. The molecule has 4 aromatic carbocycles. The molecule has 0 bridgehead atoms. The lowest BCUT2D eigenvalue weighted by Gasteiger charge is -2.37. The number of nitrogens with zero attached hydrogens (tertiary/aromatic N) is 3. The van der Waals surface area contributed by atoms with E-state index in [1.54, 1.807) is 36.4 Å². The molecule has 0 radical (unpaired) electrons. The summed E-state index contributed by atoms with van der Waals surface area (Å²) in [5.41, 5.74) is 7.80. The number of imide groups is 2. The number of nitrogens with one attached hydrogen (secondary N) is 2. The number of carbonyl (C=O) groups excluding carboxylic acids is 4. The van der Waals surface area contributed by atoms with Crippen molar-refractivity contribution in [2.24, 2.45) is 5.92 Å². The Morgan fingerprint density at radius 1 is 0.707 bits per heavy atom. The Kier molecular flexibility index (Phi) is 11.5. The number of piperidine rings is 3. The van der Waals surface area contributed by atoms with E-state index < -0.39 is 29.7 Å². The van der Waals surface area contributed by atoms with Gasteiger partial charge in [0.1, 0.15) is 17.5 Å². The van der Waals surface area contributed by atoms with Gasteiger partial charge >= 0.3 is 0 Å². The summed E-state index contributed by atoms with van der Waals surface area (Å²) >= 11 is 6.34. The predicted octanol–water partition coefficient (Wildman–Crippen LogP) is 6.56. The van der Waals surface area contributed by atoms with Gasteiger partial charge in [0.2, 0.25) is 11.8 Å². The zero-order valence-electron chi connectivity index (χ0n) is 32.3. The first-order valence-corrected chi connectivity index (χ1v) is 20.8. The minimum absolute atomic E-state index is 0.0913. The van der Waals surface area contributed by atoms with Crippen molar-refractivity contribution < 1.29 is 29.4 Å². The van der Waals surface area contributed by atoms with E-state index in [1.807, 2.05) is 30.3 Å². The Labute approximate surface area is 343 Å². The van der Waals surface area contributed by atoms with Crippen LogP contribution in [0.3, 0.4) is 0 Å². The van der Waals surface area contributed by atoms with Crippen molar-refractivity contribution in [2.45, 2.75) is 57.0 Å². The Balaban J connectivity index is 0.876. The van der Waals surface area contributed by atoms with Crippen LogP contribution in [-0.4, -0.2) is 89.4 Å². The van der Waals surface area contributed by atoms with E-state index in [0.717, 1.165) is 96.8 Å². The quantitative estimate of drug-likeness (QED) is 0.0754. The van der Waals surface area contributed by atoms with Crippen LogP contribution in [0.25, 0.3) is 11.1 Å². The second-order valence-corrected chi connectivity index (χ2v) is 16.1. The smallest absolute Gasteiger partial charge is 0.262 e. The minimum atomic E-state index is -0.976. The molecule has 12 heteroatoms. The normalized spacial score (nSPS) is 20.6. The van der Waals surface area contributed by atoms with E-state index in [1.165, 1.54) is 5.69 Å². The maximum atomic E-state index is 13.4. The van der Waals surface area contributed by atoms with E-state index in [0.29, 0.717) is 35.4 Å². The summed E-state index contributed by atoms with van der Waals surface area (Å²) in [6.45, 7) is 4.51. The minimum Gasteiger partial charge on any atom is -0.508 e. The van der Waals surface area contributed by atoms with Crippen molar-refractivity contribution in [1.29, 1.82) is 0 Å². The summed E-state index contributed by atoms with van der Waals surface area (Å²) in [4.78, 5) is 56.5. The fraction of sp³-hybridized carbons (Fsp3) is 0.348. The molecule has 3 saturated heterocycles. The van der Waals surface area contributed by atoms with E-state index >= 15 is 0 Å². The number of hydrogen-bond acceptors (Lipinski definition) is 9. The number of amides is 4. The van der Waals surface area contributed by atoms with E-state index in [9.17, 15) is 29.4 Å². The maximum absolute atomic E-state index is 13.4. The zero-order valence-corrected chi connectivity index (χ0v) is 33.1. The molecule has 4 heterocycles. The van der Waals surface area contributed by atoms with Crippen LogP contribution in [0.4, 0.5) is 11.4 Å². The van der Waals surface area contributed by atoms with E-state index in [-0.39, 0.29) is 24.3 Å². The molecule has 0 aliphatic carbocycles. The van der Waals surface area contributed by atoms with Crippen LogP contribution in [-0.2, 0) is 9.59 Å². The topological polar surface area (TPSA) is 143 Å². The van der Waals surface area contributed by atoms with Crippen LogP contribution in [0.1, 0.15) is 82.4 Å². The average Bonchev–Trinajstić information content (AvgIpc) is 3.49. The average molecular weight is 802 g/mol. The third-order valence-electron chi connectivity index (χ3n) is 12.1. The predicted molar refractivity (Wildman–Crippen MR) is 225 cm³/mol. The van der Waals surface area contributed by atoms with Crippen molar-refractivity contribution in [3.8, 4) is 11.5 Å². The fourth-order valence-electron chi connectivity index (χ4n) is 8.92. The number of aromatic hydroxyl groups is 2. The number of carbonyl (C=O) groups is 4. The lowest BCUT2D eigenvalue weighted by molar-refractivity contribution is -0.136. The lowest BCUT2D eigenvalue weighted by Crippen LogP contribution is -2.54. The molecule has 4 aliphatic heterocycles. The Hall–Kier alpha value is -5.65. The third-order valence-corrected chi connectivity index (χ3v) is 12.2. The van der Waals surface area contributed by atoms with Crippen LogP contribution in [0.15, 0.2) is 91.0 Å². The van der Waals surface area contributed by atoms with E-state index in [2.05, 4.69) is 44.7 Å². The third kappa shape index (κ3) is 8.19. The van der Waals surface area contributed by atoms with Gasteiger partial charge in [-0.25, -0.2) is 0 Å². The molecule has 4 N–H and O–H groups in total. The van der Waals surface area contributed by atoms with Gasteiger partial charge in [-0.05, 0) is 133 Å². The first-order chi connectivity index (χ1) is 28.2. The Morgan fingerprint density at radius 2 is 1.33 bits per heavy atom. The van der Waals surface area contributed by atoms with Gasteiger partial charge in [-0.3, -0.25) is 29.4 Å². The number of phenols is 2. The van der Waals surface area contributed by atoms with Gasteiger partial charge in [0.15, 0.2) is 0 Å². The van der Waals surface area contributed by atoms with Crippen molar-refractivity contribution >= 4 is 57.8 Å². The molecule has 2 atom stereocenters. The van der Waals surface area contributed by atoms with Crippen molar-refractivity contribution in [1.82, 2.24) is 15.5 Å². The first-order valence-electron chi connectivity index (χ1n) is 20.2. The van der Waals surface area contributed by atoms with Gasteiger partial charge in [-0.15, -0.1) is 11.6 Å². The number of allylic oxidation sites excluding steroid dienone is 1. The standard InChI is InChI=1S/C46H48ClN5O6/c47-22-19-38(30-5-12-36(53)13-6-30)43(32-7-14-37(54)15-8-32)31-3-9-34(10-4-31)50-24-20-29(21-25-50)27-48-33-2-1-23-51(28-33)35-11-16-39-40(26-35)46(58)52(45(39)57)41-17-18-42(55)49-44(41)56/h3-16,26,29,33,41,48,53-54H,1-2,17-25,27-28H2,(H,49,55,56)/t33-,41?/m1/s1. The highest BCUT2D eigenvalue weighted by Crippen LogP contribution is 2.37. The summed E-state index contributed by atoms with van der Waals surface area (Å²) in [5, 5.41) is 26.1. The largest absolute Gasteiger partial charge is 0.508 e. The number of halogens is 1. The van der Waals surface area contributed by atoms with Crippen LogP contribution in [0.5, 0.6) is 11.5 Å². The summed E-state index contributed by atoms with van der Waals surface area (Å²) in [7, 11) is 0. The molecule has 4 aromatic rings. The van der Waals surface area contributed by atoms with Crippen LogP contribution >= 0.6 is 11.6 Å². The lowest BCUT2D eigenvalue weighted by atomic mass is 9.88. The molecular formula is C46H48ClN5O6. The number of alkyl halides is 1. The summed E-state index contributed by atoms with van der Waals surface area (Å²) in [5.74, 6) is -0.561. The van der Waals surface area contributed by atoms with Gasteiger partial charge in [0.25, 0.3) is 11.8 Å². The first kappa shape index (κ1) is 39.2. The van der Waals surface area contributed by atoms with Gasteiger partial charge < -0.3 is 25.3 Å². The molecule has 1 unspecified atom stereocenters. The summed E-state index contributed by atoms with van der Waals surface area (Å²) < 4.78 is 0. The zero-order chi connectivity index (χ0) is 40.3. The summed E-state index contributed by atoms with van der Waals surface area (Å²) in [6, 6.07) is 27.9. The molecule has 11 nitrogen and oxygen atoms in total. The Bertz CT molecular complexity index is 2220. The molecule has 58 heavy (non-hydrogen) atoms. The van der Waals surface area contributed by atoms with Crippen molar-refractivity contribution in [3.63, 3.8) is 0 Å².